The molecule has 0 bridgehead atoms. The van der Waals surface area contributed by atoms with Crippen LogP contribution in [-0.4, -0.2) is 29.9 Å². The van der Waals surface area contributed by atoms with Gasteiger partial charge in [0.2, 0.25) is 5.78 Å². The third-order valence-corrected chi connectivity index (χ3v) is 4.06. The molecule has 0 unspecified atom stereocenters. The summed E-state index contributed by atoms with van der Waals surface area (Å²) < 4.78 is 10.3. The highest BCUT2D eigenvalue weighted by molar-refractivity contribution is 6.02. The number of nitro groups is 1. The van der Waals surface area contributed by atoms with Crippen molar-refractivity contribution in [3.05, 3.63) is 68.8 Å². The maximum absolute atomic E-state index is 12.5. The van der Waals surface area contributed by atoms with Gasteiger partial charge in [-0.1, -0.05) is 12.1 Å². The van der Waals surface area contributed by atoms with Crippen molar-refractivity contribution in [2.45, 2.75) is 26.9 Å². The van der Waals surface area contributed by atoms with Crippen LogP contribution in [0.25, 0.3) is 0 Å². The largest absolute Gasteiger partial charge is 0.496 e. The number of carbonyl (C=O) groups is 2. The quantitative estimate of drug-likeness (QED) is 0.339. The molecule has 7 heteroatoms. The second-order valence-electron chi connectivity index (χ2n) is 5.85. The predicted octanol–water partition coefficient (Wildman–Crippen LogP) is 3.65. The molecule has 2 aromatic carbocycles. The standard InChI is InChI=1S/C19H19NO6/c1-11-5-6-14(9-12(11)2)18(21)13(3)26-19(22)16-10-15(20(23)24)7-8-17(16)25-4/h5-10,13H,1-4H3/t13-/m1/s1. The van der Waals surface area contributed by atoms with Gasteiger partial charge in [0.05, 0.1) is 12.0 Å². The molecule has 0 heterocycles. The third-order valence-electron chi connectivity index (χ3n) is 4.06. The van der Waals surface area contributed by atoms with E-state index in [1.54, 1.807) is 12.1 Å². The molecule has 2 rings (SSSR count). The minimum absolute atomic E-state index is 0.110. The number of benzene rings is 2. The lowest BCUT2D eigenvalue weighted by Crippen LogP contribution is -2.25. The van der Waals surface area contributed by atoms with E-state index in [4.69, 9.17) is 9.47 Å². The number of ketones is 1. The molecule has 0 spiro atoms. The Bertz CT molecular complexity index is 874. The molecule has 0 amide bonds. The summed E-state index contributed by atoms with van der Waals surface area (Å²) in [5, 5.41) is 10.9. The molecule has 0 N–H and O–H groups in total. The summed E-state index contributed by atoms with van der Waals surface area (Å²) in [6.45, 7) is 5.28. The van der Waals surface area contributed by atoms with Crippen molar-refractivity contribution in [3.8, 4) is 5.75 Å². The summed E-state index contributed by atoms with van der Waals surface area (Å²) >= 11 is 0. The van der Waals surface area contributed by atoms with Crippen LogP contribution in [0.2, 0.25) is 0 Å². The van der Waals surface area contributed by atoms with Crippen molar-refractivity contribution >= 4 is 17.4 Å². The highest BCUT2D eigenvalue weighted by atomic mass is 16.6. The molecule has 7 nitrogen and oxygen atoms in total. The molecule has 0 aliphatic carbocycles. The monoisotopic (exact) mass is 357 g/mol. The second-order valence-corrected chi connectivity index (χ2v) is 5.85. The van der Waals surface area contributed by atoms with E-state index in [0.717, 1.165) is 17.2 Å². The zero-order chi connectivity index (χ0) is 19.4. The fourth-order valence-corrected chi connectivity index (χ4v) is 2.38. The topological polar surface area (TPSA) is 95.7 Å². The van der Waals surface area contributed by atoms with Crippen molar-refractivity contribution in [1.29, 1.82) is 0 Å². The summed E-state index contributed by atoms with van der Waals surface area (Å²) in [5.74, 6) is -1.09. The molecule has 0 saturated carbocycles. The Balaban J connectivity index is 2.23. The fraction of sp³-hybridized carbons (Fsp3) is 0.263. The number of ether oxygens (including phenoxy) is 2. The maximum atomic E-state index is 12.5. The zero-order valence-electron chi connectivity index (χ0n) is 14.9. The normalized spacial score (nSPS) is 11.5. The van der Waals surface area contributed by atoms with Crippen molar-refractivity contribution < 1.29 is 24.0 Å². The van der Waals surface area contributed by atoms with Crippen LogP contribution >= 0.6 is 0 Å². The molecule has 0 radical (unpaired) electrons. The van der Waals surface area contributed by atoms with Gasteiger partial charge in [0.25, 0.3) is 5.69 Å². The third kappa shape index (κ3) is 4.05. The summed E-state index contributed by atoms with van der Waals surface area (Å²) in [5.41, 5.74) is 2.05. The average molecular weight is 357 g/mol. The summed E-state index contributed by atoms with van der Waals surface area (Å²) in [6.07, 6.45) is -1.05. The van der Waals surface area contributed by atoms with E-state index >= 15 is 0 Å². The summed E-state index contributed by atoms with van der Waals surface area (Å²) in [7, 11) is 1.33. The van der Waals surface area contributed by atoms with Gasteiger partial charge in [0.15, 0.2) is 6.10 Å². The molecule has 0 fully saturated rings. The van der Waals surface area contributed by atoms with Gasteiger partial charge < -0.3 is 9.47 Å². The van der Waals surface area contributed by atoms with Crippen molar-refractivity contribution in [1.82, 2.24) is 0 Å². The van der Waals surface area contributed by atoms with Gasteiger partial charge in [-0.05, 0) is 44.0 Å². The van der Waals surface area contributed by atoms with Crippen LogP contribution in [0.5, 0.6) is 5.75 Å². The number of carbonyl (C=O) groups excluding carboxylic acids is 2. The van der Waals surface area contributed by atoms with Gasteiger partial charge >= 0.3 is 5.97 Å². The Labute approximate surface area is 150 Å². The van der Waals surface area contributed by atoms with Gasteiger partial charge in [-0.3, -0.25) is 14.9 Å². The Morgan fingerprint density at radius 1 is 1.08 bits per heavy atom. The number of methoxy groups -OCH3 is 1. The molecule has 26 heavy (non-hydrogen) atoms. The highest BCUT2D eigenvalue weighted by Crippen LogP contribution is 2.25. The molecule has 1 atom stereocenters. The lowest BCUT2D eigenvalue weighted by Gasteiger charge is -2.14. The molecular formula is C19H19NO6. The summed E-state index contributed by atoms with van der Waals surface area (Å²) in [6, 6.07) is 8.82. The second kappa shape index (κ2) is 7.77. The van der Waals surface area contributed by atoms with Crippen LogP contribution in [0, 0.1) is 24.0 Å². The molecule has 0 aliphatic rings. The fourth-order valence-electron chi connectivity index (χ4n) is 2.38. The molecule has 0 aliphatic heterocycles. The van der Waals surface area contributed by atoms with E-state index in [2.05, 4.69) is 0 Å². The number of esters is 1. The highest BCUT2D eigenvalue weighted by Gasteiger charge is 2.24. The van der Waals surface area contributed by atoms with Crippen molar-refractivity contribution in [2.75, 3.05) is 7.11 Å². The van der Waals surface area contributed by atoms with Crippen LogP contribution in [-0.2, 0) is 4.74 Å². The maximum Gasteiger partial charge on any atom is 0.342 e. The number of nitro benzene ring substituents is 1. The van der Waals surface area contributed by atoms with E-state index in [9.17, 15) is 19.7 Å². The van der Waals surface area contributed by atoms with Gasteiger partial charge in [-0.25, -0.2) is 4.79 Å². The van der Waals surface area contributed by atoms with Crippen molar-refractivity contribution in [2.24, 2.45) is 0 Å². The number of Topliss-reactive ketones (excluding diaryl/α,β-unsaturated/α-hetero) is 1. The van der Waals surface area contributed by atoms with Gasteiger partial charge in [-0.15, -0.1) is 0 Å². The van der Waals surface area contributed by atoms with Crippen LogP contribution in [0.1, 0.15) is 38.8 Å². The number of non-ortho nitro benzene ring substituents is 1. The van der Waals surface area contributed by atoms with Crippen LogP contribution in [0.15, 0.2) is 36.4 Å². The SMILES string of the molecule is COc1ccc([N+](=O)[O-])cc1C(=O)O[C@H](C)C(=O)c1ccc(C)c(C)c1. The molecule has 0 saturated heterocycles. The molecule has 136 valence electrons. The minimum atomic E-state index is -1.05. The Morgan fingerprint density at radius 3 is 2.35 bits per heavy atom. The average Bonchev–Trinajstić information content (AvgIpc) is 2.62. The van der Waals surface area contributed by atoms with E-state index in [0.29, 0.717) is 5.56 Å². The predicted molar refractivity (Wildman–Crippen MR) is 94.8 cm³/mol. The number of aryl methyl sites for hydroxylation is 2. The first-order valence-electron chi connectivity index (χ1n) is 7.89. The zero-order valence-corrected chi connectivity index (χ0v) is 14.9. The Kier molecular flexibility index (Phi) is 5.71. The molecule has 0 aromatic heterocycles. The van der Waals surface area contributed by atoms with E-state index < -0.39 is 17.0 Å². The smallest absolute Gasteiger partial charge is 0.342 e. The van der Waals surface area contributed by atoms with Gasteiger partial charge in [0.1, 0.15) is 11.3 Å². The molecule has 2 aromatic rings. The van der Waals surface area contributed by atoms with Gasteiger partial charge in [-0.2, -0.15) is 0 Å². The Morgan fingerprint density at radius 2 is 1.77 bits per heavy atom. The number of nitrogens with zero attached hydrogens (tertiary/aromatic N) is 1. The van der Waals surface area contributed by atoms with E-state index in [-0.39, 0.29) is 22.8 Å². The lowest BCUT2D eigenvalue weighted by molar-refractivity contribution is -0.384. The van der Waals surface area contributed by atoms with Crippen LogP contribution in [0.3, 0.4) is 0 Å². The first kappa shape index (κ1) is 19.1. The van der Waals surface area contributed by atoms with Crippen molar-refractivity contribution in [3.63, 3.8) is 0 Å². The minimum Gasteiger partial charge on any atom is -0.496 e. The van der Waals surface area contributed by atoms with E-state index in [1.807, 2.05) is 19.9 Å². The summed E-state index contributed by atoms with van der Waals surface area (Å²) in [4.78, 5) is 35.2. The first-order valence-corrected chi connectivity index (χ1v) is 7.89. The number of hydrogen-bond acceptors (Lipinski definition) is 6. The van der Waals surface area contributed by atoms with E-state index in [1.165, 1.54) is 26.2 Å². The van der Waals surface area contributed by atoms with Crippen LogP contribution in [0.4, 0.5) is 5.69 Å². The Hall–Kier alpha value is -3.22. The first-order chi connectivity index (χ1) is 12.2. The molecular weight excluding hydrogens is 338 g/mol. The van der Waals surface area contributed by atoms with Gasteiger partial charge in [0, 0.05) is 17.7 Å². The number of hydrogen-bond donors (Lipinski definition) is 0. The van der Waals surface area contributed by atoms with Crippen LogP contribution < -0.4 is 4.74 Å². The lowest BCUT2D eigenvalue weighted by atomic mass is 10.0. The number of rotatable bonds is 6.